The Kier molecular flexibility index (Phi) is 5.43. The molecule has 0 aliphatic heterocycles. The number of hydrogen-bond donors (Lipinski definition) is 2. The van der Waals surface area contributed by atoms with Crippen molar-refractivity contribution >= 4 is 12.0 Å². The highest BCUT2D eigenvalue weighted by molar-refractivity contribution is 5.91. The second-order valence-electron chi connectivity index (χ2n) is 4.17. The summed E-state index contributed by atoms with van der Waals surface area (Å²) in [6.07, 6.45) is 3.23. The van der Waals surface area contributed by atoms with Crippen LogP contribution in [0.3, 0.4) is 0 Å². The fraction of sp³-hybridized carbons (Fsp3) is 0.357. The van der Waals surface area contributed by atoms with E-state index < -0.39 is 0 Å². The van der Waals surface area contributed by atoms with E-state index in [2.05, 4.69) is 31.3 Å². The molecular formula is C14H19NO2. The molecule has 92 valence electrons. The topological polar surface area (TPSA) is 49.3 Å². The predicted octanol–water partition coefficient (Wildman–Crippen LogP) is 1.93. The molecule has 0 bridgehead atoms. The normalized spacial score (nSPS) is 11.1. The van der Waals surface area contributed by atoms with Crippen LogP contribution >= 0.6 is 0 Å². The number of aliphatic hydroxyl groups is 1. The Morgan fingerprint density at radius 3 is 2.53 bits per heavy atom. The minimum atomic E-state index is -0.188. The molecule has 0 heterocycles. The Labute approximate surface area is 102 Å². The maximum absolute atomic E-state index is 11.2. The molecule has 0 unspecified atom stereocenters. The molecule has 0 spiro atoms. The number of aliphatic hydroxyl groups excluding tert-OH is 1. The van der Waals surface area contributed by atoms with Gasteiger partial charge in [0.25, 0.3) is 0 Å². The third-order valence-electron chi connectivity index (χ3n) is 2.44. The summed E-state index contributed by atoms with van der Waals surface area (Å²) in [4.78, 5) is 11.2. The molecule has 3 nitrogen and oxygen atoms in total. The first-order chi connectivity index (χ1) is 8.13. The molecule has 0 aromatic heterocycles. The van der Waals surface area contributed by atoms with Gasteiger partial charge in [-0.25, -0.2) is 0 Å². The Balaban J connectivity index is 2.56. The highest BCUT2D eigenvalue weighted by Crippen LogP contribution is 2.15. The lowest BCUT2D eigenvalue weighted by Gasteiger charge is -2.04. The number of carbonyl (C=O) groups excluding carboxylic acids is 1. The summed E-state index contributed by atoms with van der Waals surface area (Å²) < 4.78 is 0. The van der Waals surface area contributed by atoms with Crippen molar-refractivity contribution in [2.24, 2.45) is 0 Å². The zero-order valence-corrected chi connectivity index (χ0v) is 10.3. The van der Waals surface area contributed by atoms with E-state index in [-0.39, 0.29) is 19.1 Å². The SMILES string of the molecule is CC(C)c1ccc(/C=C\C(=O)NCCO)cc1. The number of carbonyl (C=O) groups is 1. The van der Waals surface area contributed by atoms with Crippen molar-refractivity contribution in [3.05, 3.63) is 41.5 Å². The van der Waals surface area contributed by atoms with Crippen LogP contribution in [0.2, 0.25) is 0 Å². The van der Waals surface area contributed by atoms with Gasteiger partial charge >= 0.3 is 0 Å². The van der Waals surface area contributed by atoms with Crippen LogP contribution in [0.4, 0.5) is 0 Å². The van der Waals surface area contributed by atoms with Gasteiger partial charge < -0.3 is 10.4 Å². The fourth-order valence-electron chi connectivity index (χ4n) is 1.40. The number of nitrogens with one attached hydrogen (secondary N) is 1. The second-order valence-corrected chi connectivity index (χ2v) is 4.17. The lowest BCUT2D eigenvalue weighted by atomic mass is 10.0. The standard InChI is InChI=1S/C14H19NO2/c1-11(2)13-6-3-12(4-7-13)5-8-14(17)15-9-10-16/h3-8,11,16H,9-10H2,1-2H3,(H,15,17)/b8-5-. The van der Waals surface area contributed by atoms with Crippen molar-refractivity contribution in [1.82, 2.24) is 5.32 Å². The molecule has 0 saturated carbocycles. The highest BCUT2D eigenvalue weighted by Gasteiger charge is 1.97. The molecule has 0 saturated heterocycles. The van der Waals surface area contributed by atoms with E-state index in [1.54, 1.807) is 6.08 Å². The van der Waals surface area contributed by atoms with Crippen LogP contribution in [0.1, 0.15) is 30.9 Å². The lowest BCUT2D eigenvalue weighted by Crippen LogP contribution is -2.24. The molecule has 3 heteroatoms. The maximum Gasteiger partial charge on any atom is 0.244 e. The van der Waals surface area contributed by atoms with Crippen molar-refractivity contribution < 1.29 is 9.90 Å². The molecule has 17 heavy (non-hydrogen) atoms. The Hall–Kier alpha value is -1.61. The number of amides is 1. The quantitative estimate of drug-likeness (QED) is 0.763. The number of hydrogen-bond acceptors (Lipinski definition) is 2. The van der Waals surface area contributed by atoms with Crippen LogP contribution in [-0.2, 0) is 4.79 Å². The second kappa shape index (κ2) is 6.86. The summed E-state index contributed by atoms with van der Waals surface area (Å²) in [5.41, 5.74) is 2.28. The molecule has 1 rings (SSSR count). The Morgan fingerprint density at radius 1 is 1.35 bits per heavy atom. The molecule has 2 N–H and O–H groups in total. The molecular weight excluding hydrogens is 214 g/mol. The monoisotopic (exact) mass is 233 g/mol. The first kappa shape index (κ1) is 13.5. The molecule has 0 atom stereocenters. The van der Waals surface area contributed by atoms with Crippen molar-refractivity contribution in [1.29, 1.82) is 0 Å². The third-order valence-corrected chi connectivity index (χ3v) is 2.44. The summed E-state index contributed by atoms with van der Waals surface area (Å²) in [6.45, 7) is 4.54. The van der Waals surface area contributed by atoms with Gasteiger partial charge in [0.2, 0.25) is 5.91 Å². The van der Waals surface area contributed by atoms with Gasteiger partial charge in [0, 0.05) is 12.6 Å². The van der Waals surface area contributed by atoms with Gasteiger partial charge in [0.1, 0.15) is 0 Å². The highest BCUT2D eigenvalue weighted by atomic mass is 16.3. The van der Waals surface area contributed by atoms with E-state index in [0.717, 1.165) is 5.56 Å². The van der Waals surface area contributed by atoms with Crippen LogP contribution < -0.4 is 5.32 Å². The molecule has 0 radical (unpaired) electrons. The van der Waals surface area contributed by atoms with Gasteiger partial charge in [-0.3, -0.25) is 4.79 Å². The molecule has 1 aromatic rings. The van der Waals surface area contributed by atoms with Gasteiger partial charge in [-0.15, -0.1) is 0 Å². The average Bonchev–Trinajstić information content (AvgIpc) is 2.34. The van der Waals surface area contributed by atoms with E-state index in [1.807, 2.05) is 12.1 Å². The van der Waals surface area contributed by atoms with Crippen LogP contribution in [0.5, 0.6) is 0 Å². The minimum absolute atomic E-state index is 0.0390. The van der Waals surface area contributed by atoms with Crippen molar-refractivity contribution in [2.45, 2.75) is 19.8 Å². The Morgan fingerprint density at radius 2 is 2.00 bits per heavy atom. The first-order valence-electron chi connectivity index (χ1n) is 5.80. The van der Waals surface area contributed by atoms with Crippen molar-refractivity contribution in [3.8, 4) is 0 Å². The maximum atomic E-state index is 11.2. The fourth-order valence-corrected chi connectivity index (χ4v) is 1.40. The summed E-state index contributed by atoms with van der Waals surface area (Å²) in [5, 5.41) is 11.1. The summed E-state index contributed by atoms with van der Waals surface area (Å²) in [6, 6.07) is 8.11. The molecule has 0 aliphatic rings. The molecule has 0 aliphatic carbocycles. The van der Waals surface area contributed by atoms with E-state index in [9.17, 15) is 4.79 Å². The van der Waals surface area contributed by atoms with Crippen LogP contribution in [0.25, 0.3) is 6.08 Å². The molecule has 1 aromatic carbocycles. The van der Waals surface area contributed by atoms with Crippen LogP contribution in [0, 0.1) is 0 Å². The summed E-state index contributed by atoms with van der Waals surface area (Å²) in [5.74, 6) is 0.327. The zero-order chi connectivity index (χ0) is 12.7. The smallest absolute Gasteiger partial charge is 0.244 e. The van der Waals surface area contributed by atoms with E-state index >= 15 is 0 Å². The van der Waals surface area contributed by atoms with E-state index in [0.29, 0.717) is 5.92 Å². The summed E-state index contributed by atoms with van der Waals surface area (Å²) >= 11 is 0. The first-order valence-corrected chi connectivity index (χ1v) is 5.80. The summed E-state index contributed by atoms with van der Waals surface area (Å²) in [7, 11) is 0. The minimum Gasteiger partial charge on any atom is -0.395 e. The van der Waals surface area contributed by atoms with Crippen LogP contribution in [0.15, 0.2) is 30.3 Å². The van der Waals surface area contributed by atoms with E-state index in [4.69, 9.17) is 5.11 Å². The van der Waals surface area contributed by atoms with Gasteiger partial charge in [0.05, 0.1) is 6.61 Å². The molecule has 1 amide bonds. The zero-order valence-electron chi connectivity index (χ0n) is 10.3. The van der Waals surface area contributed by atoms with Crippen molar-refractivity contribution in [2.75, 3.05) is 13.2 Å². The van der Waals surface area contributed by atoms with Gasteiger partial charge in [-0.05, 0) is 23.1 Å². The largest absolute Gasteiger partial charge is 0.395 e. The average molecular weight is 233 g/mol. The molecule has 0 fully saturated rings. The number of benzene rings is 1. The number of rotatable bonds is 5. The lowest BCUT2D eigenvalue weighted by molar-refractivity contribution is -0.116. The van der Waals surface area contributed by atoms with Crippen LogP contribution in [-0.4, -0.2) is 24.2 Å². The third kappa shape index (κ3) is 4.83. The van der Waals surface area contributed by atoms with Gasteiger partial charge in [-0.1, -0.05) is 38.1 Å². The van der Waals surface area contributed by atoms with Gasteiger partial charge in [-0.2, -0.15) is 0 Å². The van der Waals surface area contributed by atoms with Gasteiger partial charge in [0.15, 0.2) is 0 Å². The van der Waals surface area contributed by atoms with Crippen molar-refractivity contribution in [3.63, 3.8) is 0 Å². The van der Waals surface area contributed by atoms with E-state index in [1.165, 1.54) is 11.6 Å². The predicted molar refractivity (Wildman–Crippen MR) is 69.7 cm³/mol. The Bertz CT molecular complexity index is 380.